The fourth-order valence-corrected chi connectivity index (χ4v) is 1.96. The Labute approximate surface area is 105 Å². The highest BCUT2D eigenvalue weighted by atomic mass is 35.5. The first kappa shape index (κ1) is 12.0. The largest absolute Gasteiger partial charge is 0.378 e. The number of nitrogens with zero attached hydrogens (tertiary/aromatic N) is 2. The molecule has 1 saturated heterocycles. The molecule has 0 unspecified atom stereocenters. The fraction of sp³-hybridized carbons (Fsp3) is 0.364. The molecule has 1 aliphatic heterocycles. The van der Waals surface area contributed by atoms with Gasteiger partial charge >= 0.3 is 0 Å². The van der Waals surface area contributed by atoms with Crippen molar-refractivity contribution < 1.29 is 4.74 Å². The monoisotopic (exact) mass is 254 g/mol. The molecule has 0 radical (unpaired) electrons. The van der Waals surface area contributed by atoms with Crippen molar-refractivity contribution in [3.63, 3.8) is 0 Å². The first-order valence-electron chi connectivity index (χ1n) is 5.38. The maximum Gasteiger partial charge on any atom is 0.191 e. The maximum atomic E-state index is 5.95. The van der Waals surface area contributed by atoms with Crippen LogP contribution in [0.25, 0.3) is 0 Å². The molecule has 1 aromatic carbocycles. The highest BCUT2D eigenvalue weighted by molar-refractivity contribution is 6.31. The lowest BCUT2D eigenvalue weighted by atomic mass is 10.2. The SMILES string of the molecule is NC(N)=Nc1cc(Cl)ccc1N1CCOCC1. The lowest BCUT2D eigenvalue weighted by Gasteiger charge is -2.29. The number of hydrogen-bond donors (Lipinski definition) is 2. The Bertz CT molecular complexity index is 425. The number of aliphatic imine (C=N–C) groups is 1. The smallest absolute Gasteiger partial charge is 0.191 e. The first-order chi connectivity index (χ1) is 8.16. The number of guanidine groups is 1. The van der Waals surface area contributed by atoms with Gasteiger partial charge in [0.1, 0.15) is 0 Å². The van der Waals surface area contributed by atoms with Crippen molar-refractivity contribution in [2.45, 2.75) is 0 Å². The van der Waals surface area contributed by atoms with Crippen molar-refractivity contribution in [1.29, 1.82) is 0 Å². The van der Waals surface area contributed by atoms with E-state index in [0.717, 1.165) is 18.8 Å². The van der Waals surface area contributed by atoms with Crippen LogP contribution in [0.15, 0.2) is 23.2 Å². The predicted octanol–water partition coefficient (Wildman–Crippen LogP) is 1.08. The molecule has 0 saturated carbocycles. The van der Waals surface area contributed by atoms with E-state index in [4.69, 9.17) is 27.8 Å². The Morgan fingerprint density at radius 3 is 2.65 bits per heavy atom. The van der Waals surface area contributed by atoms with E-state index < -0.39 is 0 Å². The van der Waals surface area contributed by atoms with Crippen LogP contribution < -0.4 is 16.4 Å². The zero-order chi connectivity index (χ0) is 12.3. The van der Waals surface area contributed by atoms with Gasteiger partial charge < -0.3 is 21.1 Å². The van der Waals surface area contributed by atoms with Gasteiger partial charge in [0.25, 0.3) is 0 Å². The predicted molar refractivity (Wildman–Crippen MR) is 70.0 cm³/mol. The van der Waals surface area contributed by atoms with E-state index in [-0.39, 0.29) is 5.96 Å². The molecule has 4 N–H and O–H groups in total. The second-order valence-electron chi connectivity index (χ2n) is 3.77. The number of anilines is 1. The summed E-state index contributed by atoms with van der Waals surface area (Å²) in [6.45, 7) is 3.08. The van der Waals surface area contributed by atoms with Gasteiger partial charge in [-0.2, -0.15) is 0 Å². The average molecular weight is 255 g/mol. The van der Waals surface area contributed by atoms with E-state index >= 15 is 0 Å². The quantitative estimate of drug-likeness (QED) is 0.612. The molecule has 0 atom stereocenters. The number of benzene rings is 1. The molecule has 6 heteroatoms. The summed E-state index contributed by atoms with van der Waals surface area (Å²) in [5.41, 5.74) is 12.5. The minimum atomic E-state index is 0.0294. The Morgan fingerprint density at radius 2 is 2.00 bits per heavy atom. The lowest BCUT2D eigenvalue weighted by Crippen LogP contribution is -2.36. The molecular formula is C11H15ClN4O. The molecule has 92 valence electrons. The van der Waals surface area contributed by atoms with E-state index in [9.17, 15) is 0 Å². The summed E-state index contributed by atoms with van der Waals surface area (Å²) in [5.74, 6) is 0.0294. The van der Waals surface area contributed by atoms with E-state index in [1.54, 1.807) is 6.07 Å². The Hall–Kier alpha value is -1.46. The third kappa shape index (κ3) is 3.01. The zero-order valence-electron chi connectivity index (χ0n) is 9.40. The van der Waals surface area contributed by atoms with Gasteiger partial charge in [0.05, 0.1) is 24.6 Å². The maximum absolute atomic E-state index is 5.95. The van der Waals surface area contributed by atoms with Gasteiger partial charge in [0.15, 0.2) is 5.96 Å². The van der Waals surface area contributed by atoms with Gasteiger partial charge in [-0.1, -0.05) is 11.6 Å². The van der Waals surface area contributed by atoms with Crippen molar-refractivity contribution in [3.05, 3.63) is 23.2 Å². The molecule has 1 aromatic rings. The molecule has 1 heterocycles. The number of hydrogen-bond acceptors (Lipinski definition) is 3. The zero-order valence-corrected chi connectivity index (χ0v) is 10.2. The van der Waals surface area contributed by atoms with Crippen molar-refractivity contribution in [2.24, 2.45) is 16.5 Å². The average Bonchev–Trinajstić information content (AvgIpc) is 2.29. The highest BCUT2D eigenvalue weighted by Gasteiger charge is 2.14. The molecule has 2 rings (SSSR count). The lowest BCUT2D eigenvalue weighted by molar-refractivity contribution is 0.123. The molecular weight excluding hydrogens is 240 g/mol. The molecule has 5 nitrogen and oxygen atoms in total. The van der Waals surface area contributed by atoms with Crippen molar-refractivity contribution in [3.8, 4) is 0 Å². The van der Waals surface area contributed by atoms with Crippen LogP contribution in [0.5, 0.6) is 0 Å². The third-order valence-electron chi connectivity index (χ3n) is 2.54. The van der Waals surface area contributed by atoms with Crippen LogP contribution in [0.4, 0.5) is 11.4 Å². The number of ether oxygens (including phenoxy) is 1. The molecule has 0 aliphatic carbocycles. The number of morpholine rings is 1. The Balaban J connectivity index is 2.34. The summed E-state index contributed by atoms with van der Waals surface area (Å²) >= 11 is 5.95. The number of halogens is 1. The van der Waals surface area contributed by atoms with Crippen LogP contribution in [0.1, 0.15) is 0 Å². The molecule has 0 amide bonds. The summed E-state index contributed by atoms with van der Waals surface area (Å²) < 4.78 is 5.31. The molecule has 0 spiro atoms. The van der Waals surface area contributed by atoms with Gasteiger partial charge in [0.2, 0.25) is 0 Å². The summed E-state index contributed by atoms with van der Waals surface area (Å²) in [7, 11) is 0. The van der Waals surface area contributed by atoms with Gasteiger partial charge in [-0.05, 0) is 18.2 Å². The summed E-state index contributed by atoms with van der Waals surface area (Å²) in [6.07, 6.45) is 0. The van der Waals surface area contributed by atoms with E-state index in [1.807, 2.05) is 12.1 Å². The fourth-order valence-electron chi connectivity index (χ4n) is 1.80. The number of rotatable bonds is 2. The summed E-state index contributed by atoms with van der Waals surface area (Å²) in [6, 6.07) is 5.51. The van der Waals surface area contributed by atoms with Crippen LogP contribution in [0.3, 0.4) is 0 Å². The second-order valence-corrected chi connectivity index (χ2v) is 4.21. The van der Waals surface area contributed by atoms with Crippen LogP contribution in [0, 0.1) is 0 Å². The minimum absolute atomic E-state index is 0.0294. The van der Waals surface area contributed by atoms with Crippen LogP contribution in [-0.2, 0) is 4.74 Å². The topological polar surface area (TPSA) is 76.9 Å². The van der Waals surface area contributed by atoms with Crippen LogP contribution in [-0.4, -0.2) is 32.3 Å². The Morgan fingerprint density at radius 1 is 1.29 bits per heavy atom. The van der Waals surface area contributed by atoms with E-state index in [2.05, 4.69) is 9.89 Å². The minimum Gasteiger partial charge on any atom is -0.378 e. The molecule has 0 bridgehead atoms. The molecule has 0 aromatic heterocycles. The van der Waals surface area contributed by atoms with Crippen LogP contribution in [0.2, 0.25) is 5.02 Å². The molecule has 1 fully saturated rings. The van der Waals surface area contributed by atoms with Gasteiger partial charge in [-0.3, -0.25) is 0 Å². The normalized spacial score (nSPS) is 15.7. The third-order valence-corrected chi connectivity index (χ3v) is 2.77. The van der Waals surface area contributed by atoms with Crippen molar-refractivity contribution in [1.82, 2.24) is 0 Å². The molecule has 17 heavy (non-hydrogen) atoms. The van der Waals surface area contributed by atoms with Crippen LogP contribution >= 0.6 is 11.6 Å². The Kier molecular flexibility index (Phi) is 3.71. The first-order valence-corrected chi connectivity index (χ1v) is 5.76. The molecule has 1 aliphatic rings. The standard InChI is InChI=1S/C11H15ClN4O/c12-8-1-2-10(9(7-8)15-11(13)14)16-3-5-17-6-4-16/h1-2,7H,3-6H2,(H4,13,14,15). The second kappa shape index (κ2) is 5.25. The summed E-state index contributed by atoms with van der Waals surface area (Å²) in [4.78, 5) is 6.28. The number of nitrogens with two attached hydrogens (primary N) is 2. The van der Waals surface area contributed by atoms with E-state index in [0.29, 0.717) is 23.9 Å². The highest BCUT2D eigenvalue weighted by Crippen LogP contribution is 2.31. The van der Waals surface area contributed by atoms with E-state index in [1.165, 1.54) is 0 Å². The van der Waals surface area contributed by atoms with Crippen molar-refractivity contribution >= 4 is 28.9 Å². The van der Waals surface area contributed by atoms with Gasteiger partial charge in [-0.15, -0.1) is 0 Å². The van der Waals surface area contributed by atoms with Crippen molar-refractivity contribution in [2.75, 3.05) is 31.2 Å². The summed E-state index contributed by atoms with van der Waals surface area (Å²) in [5, 5.41) is 0.613. The van der Waals surface area contributed by atoms with Gasteiger partial charge in [-0.25, -0.2) is 4.99 Å². The van der Waals surface area contributed by atoms with Gasteiger partial charge in [0, 0.05) is 18.1 Å².